The molecule has 0 spiro atoms. The van der Waals surface area contributed by atoms with E-state index in [9.17, 15) is 14.9 Å². The Hall–Kier alpha value is -2.55. The summed E-state index contributed by atoms with van der Waals surface area (Å²) in [6.07, 6.45) is 4.70. The van der Waals surface area contributed by atoms with Crippen LogP contribution in [0.15, 0.2) is 11.6 Å². The zero-order valence-electron chi connectivity index (χ0n) is 20.1. The van der Waals surface area contributed by atoms with E-state index in [-0.39, 0.29) is 23.6 Å². The quantitative estimate of drug-likeness (QED) is 0.356. The molecule has 0 aliphatic carbocycles. The van der Waals surface area contributed by atoms with E-state index in [0.717, 1.165) is 49.2 Å². The molecule has 6 heteroatoms. The molecule has 6 nitrogen and oxygen atoms in total. The number of hydrogen-bond acceptors (Lipinski definition) is 4. The Morgan fingerprint density at radius 1 is 1.23 bits per heavy atom. The van der Waals surface area contributed by atoms with E-state index < -0.39 is 12.1 Å². The van der Waals surface area contributed by atoms with Gasteiger partial charge in [-0.15, -0.1) is 0 Å². The van der Waals surface area contributed by atoms with Crippen molar-refractivity contribution in [1.82, 2.24) is 9.47 Å². The van der Waals surface area contributed by atoms with Crippen molar-refractivity contribution in [2.45, 2.75) is 98.9 Å². The average Bonchev–Trinajstić information content (AvgIpc) is 2.96. The molecule has 3 atom stereocenters. The summed E-state index contributed by atoms with van der Waals surface area (Å²) in [6.45, 7) is 14.9. The van der Waals surface area contributed by atoms with Crippen LogP contribution in [-0.2, 0) is 20.9 Å². The van der Waals surface area contributed by atoms with Gasteiger partial charge in [-0.1, -0.05) is 13.8 Å². The molecule has 1 aromatic rings. The smallest absolute Gasteiger partial charge is 0.349 e. The third kappa shape index (κ3) is 6.00. The Labute approximate surface area is 186 Å². The van der Waals surface area contributed by atoms with Gasteiger partial charge in [0.05, 0.1) is 0 Å². The Morgan fingerprint density at radius 3 is 2.39 bits per heavy atom. The highest BCUT2D eigenvalue weighted by molar-refractivity contribution is 5.99. The summed E-state index contributed by atoms with van der Waals surface area (Å²) in [4.78, 5) is 27.4. The molecule has 1 amide bonds. The van der Waals surface area contributed by atoms with Gasteiger partial charge in [0.15, 0.2) is 6.10 Å². The SMILES string of the molecule is Cc1cc(/C=C(\C#N)C(=O)O[C@@H](C)C(=O)N2[C@@H](C)CCC[C@@H]2C)c(C)n1CCC(C)C. The van der Waals surface area contributed by atoms with Crippen LogP contribution in [0.4, 0.5) is 0 Å². The first-order chi connectivity index (χ1) is 14.6. The molecule has 2 heterocycles. The van der Waals surface area contributed by atoms with Gasteiger partial charge in [-0.05, 0) is 83.9 Å². The summed E-state index contributed by atoms with van der Waals surface area (Å²) in [6, 6.07) is 4.18. The molecule has 2 rings (SSSR count). The summed E-state index contributed by atoms with van der Waals surface area (Å²) in [7, 11) is 0. The van der Waals surface area contributed by atoms with E-state index >= 15 is 0 Å². The summed E-state index contributed by atoms with van der Waals surface area (Å²) in [5.74, 6) is -0.362. The number of aryl methyl sites for hydroxylation is 1. The number of hydrogen-bond donors (Lipinski definition) is 0. The van der Waals surface area contributed by atoms with E-state index in [1.807, 2.05) is 44.7 Å². The molecular weight excluding hydrogens is 390 g/mol. The first kappa shape index (κ1) is 24.7. The van der Waals surface area contributed by atoms with Gasteiger partial charge in [0.2, 0.25) is 0 Å². The maximum Gasteiger partial charge on any atom is 0.349 e. The molecule has 1 aliphatic heterocycles. The van der Waals surface area contributed by atoms with Gasteiger partial charge in [0, 0.05) is 30.0 Å². The first-order valence-corrected chi connectivity index (χ1v) is 11.4. The number of nitriles is 1. The topological polar surface area (TPSA) is 75.3 Å². The van der Waals surface area contributed by atoms with Crippen molar-refractivity contribution in [1.29, 1.82) is 5.26 Å². The van der Waals surface area contributed by atoms with Gasteiger partial charge in [-0.2, -0.15) is 5.26 Å². The maximum atomic E-state index is 12.9. The predicted octanol–water partition coefficient (Wildman–Crippen LogP) is 4.78. The molecular formula is C25H37N3O3. The molecule has 0 N–H and O–H groups in total. The number of piperidine rings is 1. The highest BCUT2D eigenvalue weighted by Crippen LogP contribution is 2.24. The normalized spacial score (nSPS) is 20.5. The summed E-state index contributed by atoms with van der Waals surface area (Å²) in [5, 5.41) is 9.56. The second kappa shape index (κ2) is 10.7. The van der Waals surface area contributed by atoms with Gasteiger partial charge >= 0.3 is 5.97 Å². The Kier molecular flexibility index (Phi) is 8.50. The number of nitrogens with zero attached hydrogens (tertiary/aromatic N) is 3. The van der Waals surface area contributed by atoms with Crippen LogP contribution in [0.25, 0.3) is 6.08 Å². The van der Waals surface area contributed by atoms with E-state index in [2.05, 4.69) is 18.4 Å². The van der Waals surface area contributed by atoms with E-state index in [4.69, 9.17) is 4.74 Å². The summed E-state index contributed by atoms with van der Waals surface area (Å²) >= 11 is 0. The number of likely N-dealkylation sites (tertiary alicyclic amines) is 1. The molecule has 1 fully saturated rings. The van der Waals surface area contributed by atoms with Crippen molar-refractivity contribution in [2.24, 2.45) is 5.92 Å². The number of rotatable bonds is 7. The van der Waals surface area contributed by atoms with Crippen molar-refractivity contribution in [3.05, 3.63) is 28.6 Å². The van der Waals surface area contributed by atoms with Crippen LogP contribution < -0.4 is 0 Å². The van der Waals surface area contributed by atoms with Crippen molar-refractivity contribution in [2.75, 3.05) is 0 Å². The minimum atomic E-state index is -0.925. The number of ether oxygens (including phenoxy) is 1. The fraction of sp³-hybridized carbons (Fsp3) is 0.640. The third-order valence-electron chi connectivity index (χ3n) is 6.26. The largest absolute Gasteiger partial charge is 0.448 e. The zero-order chi connectivity index (χ0) is 23.3. The molecule has 31 heavy (non-hydrogen) atoms. The van der Waals surface area contributed by atoms with Crippen LogP contribution in [0.1, 0.15) is 77.3 Å². The van der Waals surface area contributed by atoms with Crippen LogP contribution in [0.2, 0.25) is 0 Å². The molecule has 0 bridgehead atoms. The second-order valence-electron chi connectivity index (χ2n) is 9.25. The lowest BCUT2D eigenvalue weighted by atomic mass is 9.97. The fourth-order valence-electron chi connectivity index (χ4n) is 4.34. The molecule has 170 valence electrons. The lowest BCUT2D eigenvalue weighted by Crippen LogP contribution is -2.51. The lowest BCUT2D eigenvalue weighted by molar-refractivity contribution is -0.159. The summed E-state index contributed by atoms with van der Waals surface area (Å²) in [5.41, 5.74) is 2.83. The van der Waals surface area contributed by atoms with Gasteiger partial charge in [0.1, 0.15) is 11.6 Å². The van der Waals surface area contributed by atoms with Gasteiger partial charge in [0.25, 0.3) is 5.91 Å². The number of aromatic nitrogens is 1. The standard InChI is InChI=1S/C25H37N3O3/c1-16(2)11-12-27-19(5)13-22(20(27)6)14-23(15-26)25(30)31-21(7)24(29)28-17(3)9-8-10-18(28)4/h13-14,16-18,21H,8-12H2,1-7H3/b23-14+/t17-,18-,21-/m0/s1. The monoisotopic (exact) mass is 427 g/mol. The van der Waals surface area contributed by atoms with E-state index in [0.29, 0.717) is 5.92 Å². The first-order valence-electron chi connectivity index (χ1n) is 11.4. The van der Waals surface area contributed by atoms with Crippen LogP contribution in [0.3, 0.4) is 0 Å². The van der Waals surface area contributed by atoms with E-state index in [1.165, 1.54) is 0 Å². The van der Waals surface area contributed by atoms with Gasteiger partial charge in [-0.3, -0.25) is 4.79 Å². The molecule has 1 saturated heterocycles. The molecule has 0 radical (unpaired) electrons. The number of amides is 1. The molecule has 1 aliphatic rings. The van der Waals surface area contributed by atoms with Crippen molar-refractivity contribution < 1.29 is 14.3 Å². The minimum Gasteiger partial charge on any atom is -0.448 e. The molecule has 1 aromatic heterocycles. The molecule has 0 saturated carbocycles. The van der Waals surface area contributed by atoms with Crippen LogP contribution in [-0.4, -0.2) is 39.5 Å². The van der Waals surface area contributed by atoms with Crippen molar-refractivity contribution in [3.8, 4) is 6.07 Å². The lowest BCUT2D eigenvalue weighted by Gasteiger charge is -2.40. The molecule has 0 unspecified atom stereocenters. The Bertz CT molecular complexity index is 865. The Balaban J connectivity index is 2.15. The number of carbonyl (C=O) groups is 2. The second-order valence-corrected chi connectivity index (χ2v) is 9.25. The summed E-state index contributed by atoms with van der Waals surface area (Å²) < 4.78 is 7.62. The van der Waals surface area contributed by atoms with Crippen LogP contribution in [0, 0.1) is 31.1 Å². The highest BCUT2D eigenvalue weighted by Gasteiger charge is 2.33. The van der Waals surface area contributed by atoms with Crippen LogP contribution >= 0.6 is 0 Å². The van der Waals surface area contributed by atoms with Crippen molar-refractivity contribution >= 4 is 18.0 Å². The fourth-order valence-corrected chi connectivity index (χ4v) is 4.34. The predicted molar refractivity (Wildman–Crippen MR) is 122 cm³/mol. The number of carbonyl (C=O) groups excluding carboxylic acids is 2. The molecule has 0 aromatic carbocycles. The van der Waals surface area contributed by atoms with E-state index in [1.54, 1.807) is 13.0 Å². The van der Waals surface area contributed by atoms with Crippen molar-refractivity contribution in [3.63, 3.8) is 0 Å². The zero-order valence-corrected chi connectivity index (χ0v) is 20.1. The highest BCUT2D eigenvalue weighted by atomic mass is 16.5. The average molecular weight is 428 g/mol. The van der Waals surface area contributed by atoms with Crippen LogP contribution in [0.5, 0.6) is 0 Å². The third-order valence-corrected chi connectivity index (χ3v) is 6.26. The number of esters is 1. The minimum absolute atomic E-state index is 0.0940. The Morgan fingerprint density at radius 2 is 1.84 bits per heavy atom. The van der Waals surface area contributed by atoms with Gasteiger partial charge < -0.3 is 14.2 Å². The maximum absolute atomic E-state index is 12.9. The van der Waals surface area contributed by atoms with Gasteiger partial charge in [-0.25, -0.2) is 4.79 Å².